The monoisotopic (exact) mass is 344 g/mol. The van der Waals surface area contributed by atoms with Crippen molar-refractivity contribution >= 4 is 17.4 Å². The lowest BCUT2D eigenvalue weighted by molar-refractivity contribution is -0.117. The van der Waals surface area contributed by atoms with Crippen molar-refractivity contribution in [1.29, 1.82) is 0 Å². The van der Waals surface area contributed by atoms with Crippen LogP contribution in [0, 0.1) is 12.8 Å². The molecule has 0 radical (unpaired) electrons. The van der Waals surface area contributed by atoms with E-state index in [2.05, 4.69) is 41.0 Å². The molecule has 0 bridgehead atoms. The average Bonchev–Trinajstić information content (AvgIpc) is 3.18. The third-order valence-corrected chi connectivity index (χ3v) is 4.61. The van der Waals surface area contributed by atoms with Crippen LogP contribution >= 0.6 is 0 Å². The van der Waals surface area contributed by atoms with Crippen LogP contribution < -0.4 is 10.2 Å². The zero-order chi connectivity index (χ0) is 18.1. The number of hydrogen-bond donors (Lipinski definition) is 1. The first kappa shape index (κ1) is 17.5. The van der Waals surface area contributed by atoms with E-state index in [-0.39, 0.29) is 11.9 Å². The van der Waals surface area contributed by atoms with Gasteiger partial charge in [0, 0.05) is 26.2 Å². The maximum absolute atomic E-state index is 12.9. The van der Waals surface area contributed by atoms with Crippen molar-refractivity contribution in [2.45, 2.75) is 53.1 Å². The molecule has 0 saturated carbocycles. The smallest absolute Gasteiger partial charge is 0.250 e. The van der Waals surface area contributed by atoms with Crippen LogP contribution in [0.4, 0.5) is 11.5 Å². The average molecular weight is 344 g/mol. The van der Waals surface area contributed by atoms with Gasteiger partial charge in [-0.3, -0.25) is 19.1 Å². The Morgan fingerprint density at radius 3 is 2.76 bits per heavy atom. The van der Waals surface area contributed by atoms with Crippen LogP contribution in [-0.4, -0.2) is 38.1 Å². The molecule has 2 aromatic heterocycles. The first-order chi connectivity index (χ1) is 11.9. The number of amides is 1. The summed E-state index contributed by atoms with van der Waals surface area (Å²) >= 11 is 0. The summed E-state index contributed by atoms with van der Waals surface area (Å²) < 4.78 is 3.82. The van der Waals surface area contributed by atoms with Gasteiger partial charge in [0.25, 0.3) is 5.91 Å². The molecule has 7 heteroatoms. The van der Waals surface area contributed by atoms with E-state index in [1.165, 1.54) is 0 Å². The third-order valence-electron chi connectivity index (χ3n) is 4.61. The molecule has 3 heterocycles. The molecule has 1 amide bonds. The van der Waals surface area contributed by atoms with Gasteiger partial charge in [-0.2, -0.15) is 10.2 Å². The molecule has 1 fully saturated rings. The van der Waals surface area contributed by atoms with Gasteiger partial charge in [-0.05, 0) is 25.7 Å². The van der Waals surface area contributed by atoms with E-state index in [0.29, 0.717) is 12.5 Å². The van der Waals surface area contributed by atoms with Gasteiger partial charge in [0.1, 0.15) is 11.9 Å². The molecule has 136 valence electrons. The summed E-state index contributed by atoms with van der Waals surface area (Å²) in [7, 11) is 1.88. The summed E-state index contributed by atoms with van der Waals surface area (Å²) in [6.07, 6.45) is 3.52. The van der Waals surface area contributed by atoms with Crippen molar-refractivity contribution in [1.82, 2.24) is 19.6 Å². The maximum Gasteiger partial charge on any atom is 0.250 e. The van der Waals surface area contributed by atoms with Crippen LogP contribution in [0.3, 0.4) is 0 Å². The molecule has 1 atom stereocenters. The molecule has 1 aliphatic rings. The largest absolute Gasteiger partial charge is 0.371 e. The minimum Gasteiger partial charge on any atom is -0.371 e. The lowest BCUT2D eigenvalue weighted by Gasteiger charge is -2.17. The second-order valence-corrected chi connectivity index (χ2v) is 7.18. The molecule has 3 rings (SSSR count). The second-order valence-electron chi connectivity index (χ2n) is 7.18. The van der Waals surface area contributed by atoms with Crippen molar-refractivity contribution in [3.63, 3.8) is 0 Å². The molecule has 7 nitrogen and oxygen atoms in total. The van der Waals surface area contributed by atoms with Crippen LogP contribution in [0.5, 0.6) is 0 Å². The number of rotatable bonds is 6. The number of nitrogens with one attached hydrogen (secondary N) is 1. The van der Waals surface area contributed by atoms with Crippen LogP contribution in [0.25, 0.3) is 0 Å². The summed E-state index contributed by atoms with van der Waals surface area (Å²) in [6, 6.07) is 1.75. The number of carbonyl (C=O) groups excluding carboxylic acids is 1. The Kier molecular flexibility index (Phi) is 4.83. The number of aromatic nitrogens is 4. The molecule has 0 aromatic carbocycles. The molecule has 1 N–H and O–H groups in total. The van der Waals surface area contributed by atoms with Gasteiger partial charge in [0.15, 0.2) is 0 Å². The molecule has 0 spiro atoms. The standard InChI is InChI=1S/C18H28N6O/c1-6-16-15(10-19-24(16)11-12(2)3)20-14-7-8-23(18(14)25)17-9-13(4)21-22(17)5/h9-10,12,14,20H,6-8,11H2,1-5H3. The number of aryl methyl sites for hydroxylation is 2. The number of carbonyl (C=O) groups is 1. The maximum atomic E-state index is 12.9. The van der Waals surface area contributed by atoms with Crippen LogP contribution in [0.2, 0.25) is 0 Å². The Balaban J connectivity index is 1.75. The lowest BCUT2D eigenvalue weighted by Crippen LogP contribution is -2.34. The summed E-state index contributed by atoms with van der Waals surface area (Å²) in [5, 5.41) is 12.3. The highest BCUT2D eigenvalue weighted by Gasteiger charge is 2.34. The zero-order valence-electron chi connectivity index (χ0n) is 15.8. The van der Waals surface area contributed by atoms with Gasteiger partial charge >= 0.3 is 0 Å². The van der Waals surface area contributed by atoms with E-state index in [1.54, 1.807) is 4.68 Å². The summed E-state index contributed by atoms with van der Waals surface area (Å²) in [6.45, 7) is 10.0. The topological polar surface area (TPSA) is 68.0 Å². The van der Waals surface area contributed by atoms with Gasteiger partial charge < -0.3 is 5.32 Å². The van der Waals surface area contributed by atoms with Crippen molar-refractivity contribution in [3.05, 3.63) is 23.7 Å². The number of hydrogen-bond acceptors (Lipinski definition) is 4. The summed E-state index contributed by atoms with van der Waals surface area (Å²) in [5.74, 6) is 1.49. The normalized spacial score (nSPS) is 17.8. The van der Waals surface area contributed by atoms with Crippen LogP contribution in [0.15, 0.2) is 12.3 Å². The molecule has 0 aliphatic carbocycles. The highest BCUT2D eigenvalue weighted by Crippen LogP contribution is 2.26. The molecule has 1 aliphatic heterocycles. The van der Waals surface area contributed by atoms with Gasteiger partial charge in [0.05, 0.1) is 23.3 Å². The van der Waals surface area contributed by atoms with Crippen LogP contribution in [0.1, 0.15) is 38.6 Å². The molecule has 1 unspecified atom stereocenters. The molecule has 25 heavy (non-hydrogen) atoms. The number of nitrogens with zero attached hydrogens (tertiary/aromatic N) is 5. The Morgan fingerprint density at radius 1 is 1.40 bits per heavy atom. The summed E-state index contributed by atoms with van der Waals surface area (Å²) in [5.41, 5.74) is 3.06. The van der Waals surface area contributed by atoms with Crippen molar-refractivity contribution < 1.29 is 4.79 Å². The second kappa shape index (κ2) is 6.90. The van der Waals surface area contributed by atoms with Crippen molar-refractivity contribution in [2.75, 3.05) is 16.8 Å². The van der Waals surface area contributed by atoms with Gasteiger partial charge in [-0.25, -0.2) is 0 Å². The first-order valence-corrected chi connectivity index (χ1v) is 9.04. The van der Waals surface area contributed by atoms with Crippen molar-refractivity contribution in [3.8, 4) is 0 Å². The highest BCUT2D eigenvalue weighted by atomic mass is 16.2. The first-order valence-electron chi connectivity index (χ1n) is 9.04. The number of anilines is 2. The Hall–Kier alpha value is -2.31. The van der Waals surface area contributed by atoms with Crippen LogP contribution in [-0.2, 0) is 24.8 Å². The van der Waals surface area contributed by atoms with Crippen molar-refractivity contribution in [2.24, 2.45) is 13.0 Å². The zero-order valence-corrected chi connectivity index (χ0v) is 15.8. The summed E-state index contributed by atoms with van der Waals surface area (Å²) in [4.78, 5) is 14.7. The van der Waals surface area contributed by atoms with Gasteiger partial charge in [0.2, 0.25) is 0 Å². The quantitative estimate of drug-likeness (QED) is 0.873. The SMILES string of the molecule is CCc1c(NC2CCN(c3cc(C)nn3C)C2=O)cnn1CC(C)C. The predicted molar refractivity (Wildman–Crippen MR) is 98.8 cm³/mol. The molecule has 2 aromatic rings. The fourth-order valence-electron chi connectivity index (χ4n) is 3.49. The minimum atomic E-state index is -0.211. The van der Waals surface area contributed by atoms with Gasteiger partial charge in [-0.1, -0.05) is 20.8 Å². The predicted octanol–water partition coefficient (Wildman–Crippen LogP) is 2.36. The molecular weight excluding hydrogens is 316 g/mol. The van der Waals surface area contributed by atoms with E-state index in [9.17, 15) is 4.79 Å². The van der Waals surface area contributed by atoms with E-state index in [4.69, 9.17) is 0 Å². The Labute approximate surface area is 149 Å². The third kappa shape index (κ3) is 3.41. The lowest BCUT2D eigenvalue weighted by atomic mass is 10.2. The van der Waals surface area contributed by atoms with E-state index < -0.39 is 0 Å². The van der Waals surface area contributed by atoms with E-state index in [0.717, 1.165) is 42.3 Å². The van der Waals surface area contributed by atoms with E-state index in [1.807, 2.05) is 31.1 Å². The van der Waals surface area contributed by atoms with Gasteiger partial charge in [-0.15, -0.1) is 0 Å². The highest BCUT2D eigenvalue weighted by molar-refractivity contribution is 6.00. The minimum absolute atomic E-state index is 0.0988. The Bertz CT molecular complexity index is 760. The van der Waals surface area contributed by atoms with E-state index >= 15 is 0 Å². The Morgan fingerprint density at radius 2 is 2.16 bits per heavy atom. The fourth-order valence-corrected chi connectivity index (χ4v) is 3.49. The molecular formula is C18H28N6O. The molecule has 1 saturated heterocycles. The fraction of sp³-hybridized carbons (Fsp3) is 0.611.